The number of allylic oxidation sites excluding steroid dienone is 4. The third kappa shape index (κ3) is 10.8. The molecular weight excluding hydrogens is 835 g/mol. The first-order valence-corrected chi connectivity index (χ1v) is 23.6. The molecule has 0 bridgehead atoms. The van der Waals surface area contributed by atoms with Crippen LogP contribution in [0.1, 0.15) is 105 Å². The van der Waals surface area contributed by atoms with Crippen LogP contribution in [0.2, 0.25) is 0 Å². The number of alkyl carbamates (subject to hydrolysis) is 1. The molecule has 6 rings (SSSR count). The van der Waals surface area contributed by atoms with Crippen LogP contribution in [0, 0.1) is 17.8 Å². The van der Waals surface area contributed by atoms with Gasteiger partial charge in [-0.3, -0.25) is 14.4 Å². The Balaban J connectivity index is 1.32. The number of nitrogens with one attached hydrogen (secondary N) is 3. The Kier molecular flexibility index (Phi) is 14.3. The van der Waals surface area contributed by atoms with E-state index in [1.54, 1.807) is 59.9 Å². The molecule has 3 aromatic rings. The molecule has 4 amide bonds. The number of carbonyl (C=O) groups excluding carboxylic acids is 4. The minimum atomic E-state index is -4.35. The van der Waals surface area contributed by atoms with Gasteiger partial charge in [-0.1, -0.05) is 77.5 Å². The molecule has 64 heavy (non-hydrogen) atoms. The van der Waals surface area contributed by atoms with Crippen LogP contribution in [-0.4, -0.2) is 85.1 Å². The number of ether oxygens (including phenoxy) is 3. The number of fused-ring (bicyclic) bond motifs is 1. The van der Waals surface area contributed by atoms with Crippen LogP contribution in [0.4, 0.5) is 4.79 Å². The minimum Gasteiger partial charge on any atom is -0.497 e. The summed E-state index contributed by atoms with van der Waals surface area (Å²) in [5.74, 6) is -1.68. The number of aromatic nitrogens is 1. The molecule has 0 radical (unpaired) electrons. The number of likely N-dealkylation sites (tertiary alicyclic amines) is 1. The number of benzene rings is 2. The van der Waals surface area contributed by atoms with Gasteiger partial charge in [-0.25, -0.2) is 22.9 Å². The van der Waals surface area contributed by atoms with Crippen LogP contribution in [0.3, 0.4) is 0 Å². The van der Waals surface area contributed by atoms with Gasteiger partial charge in [-0.15, -0.1) is 6.58 Å². The zero-order valence-electron chi connectivity index (χ0n) is 38.4. The lowest BCUT2D eigenvalue weighted by atomic mass is 9.93. The summed E-state index contributed by atoms with van der Waals surface area (Å²) in [6.45, 7) is 18.7. The van der Waals surface area contributed by atoms with Crippen LogP contribution in [0.5, 0.6) is 11.5 Å². The Morgan fingerprint density at radius 1 is 1.08 bits per heavy atom. The first kappa shape index (κ1) is 47.8. The standard InChI is InChI=1S/C49H63N5O9S/c1-11-15-31(6)32-17-14-19-37(23-32)64(59,60)53-46(57)49(27-34(49)12-2)52-44(55)41-25-36(28-54(41)45(56)43(29(3)4)51-47(58)63-48(7,8)9)62-42-26-39(33-18-13-16-30(5)22-33)50-40-24-35(61-10)20-21-38(40)42/h12-14,16-21,23-24,26,29-31,34,36,41,43H,2,11,15,22,25,27-28H2,1,3-10H3,(H,51,58)(H,52,55)(H,53,57)/t30?,31?,34?,36-,41+,43?,49-/m1/s1. The number of rotatable bonds is 16. The normalized spacial score (nSPS) is 22.8. The first-order chi connectivity index (χ1) is 30.2. The second-order valence-corrected chi connectivity index (χ2v) is 20.4. The molecule has 4 unspecified atom stereocenters. The van der Waals surface area contributed by atoms with Crippen LogP contribution < -0.4 is 24.8 Å². The molecule has 2 fully saturated rings. The Hall–Kier alpha value is -5.70. The maximum Gasteiger partial charge on any atom is 0.408 e. The number of nitrogens with zero attached hydrogens (tertiary/aromatic N) is 2. The number of carbonyl (C=O) groups is 4. The molecule has 1 aromatic heterocycles. The summed E-state index contributed by atoms with van der Waals surface area (Å²) < 4.78 is 47.5. The molecule has 7 atom stereocenters. The molecule has 2 aliphatic carbocycles. The monoisotopic (exact) mass is 897 g/mol. The average molecular weight is 898 g/mol. The molecule has 14 nitrogen and oxygen atoms in total. The van der Waals surface area contributed by atoms with Crippen LogP contribution >= 0.6 is 0 Å². The fraction of sp³-hybridized carbons (Fsp3) is 0.490. The number of hydrogen-bond acceptors (Lipinski definition) is 10. The number of hydrogen-bond donors (Lipinski definition) is 3. The van der Waals surface area contributed by atoms with Gasteiger partial charge in [0.1, 0.15) is 40.8 Å². The maximum atomic E-state index is 14.7. The van der Waals surface area contributed by atoms with Crippen LogP contribution in [0.15, 0.2) is 84.3 Å². The van der Waals surface area contributed by atoms with Crippen molar-refractivity contribution in [3.05, 3.63) is 90.7 Å². The Morgan fingerprint density at radius 2 is 1.83 bits per heavy atom. The highest BCUT2D eigenvalue weighted by molar-refractivity contribution is 7.90. The van der Waals surface area contributed by atoms with E-state index >= 15 is 0 Å². The summed E-state index contributed by atoms with van der Waals surface area (Å²) in [7, 11) is -2.77. The zero-order valence-corrected chi connectivity index (χ0v) is 39.2. The Morgan fingerprint density at radius 3 is 2.47 bits per heavy atom. The molecule has 1 saturated carbocycles. The second kappa shape index (κ2) is 19.2. The molecule has 3 N–H and O–H groups in total. The van der Waals surface area contributed by atoms with E-state index in [1.165, 1.54) is 17.0 Å². The fourth-order valence-corrected chi connectivity index (χ4v) is 9.57. The predicted molar refractivity (Wildman–Crippen MR) is 246 cm³/mol. The molecule has 1 aliphatic heterocycles. The topological polar surface area (TPSA) is 182 Å². The summed E-state index contributed by atoms with van der Waals surface area (Å²) in [4.78, 5) is 62.8. The summed E-state index contributed by atoms with van der Waals surface area (Å²) in [6.07, 6.45) is 8.76. The van der Waals surface area contributed by atoms with Gasteiger partial charge in [0.15, 0.2) is 0 Å². The van der Waals surface area contributed by atoms with Crippen molar-refractivity contribution in [3.63, 3.8) is 0 Å². The van der Waals surface area contributed by atoms with E-state index in [0.29, 0.717) is 34.0 Å². The molecule has 344 valence electrons. The molecule has 2 aromatic carbocycles. The summed E-state index contributed by atoms with van der Waals surface area (Å²) >= 11 is 0. The van der Waals surface area contributed by atoms with E-state index in [4.69, 9.17) is 19.2 Å². The lowest BCUT2D eigenvalue weighted by molar-refractivity contribution is -0.141. The maximum absolute atomic E-state index is 14.7. The number of sulfonamides is 1. The smallest absolute Gasteiger partial charge is 0.408 e. The predicted octanol–water partition coefficient (Wildman–Crippen LogP) is 7.59. The van der Waals surface area contributed by atoms with E-state index in [-0.39, 0.29) is 30.2 Å². The van der Waals surface area contributed by atoms with Gasteiger partial charge in [-0.05, 0) is 93.2 Å². The highest BCUT2D eigenvalue weighted by Gasteiger charge is 2.61. The first-order valence-electron chi connectivity index (χ1n) is 22.1. The fourth-order valence-electron chi connectivity index (χ4n) is 8.48. The summed E-state index contributed by atoms with van der Waals surface area (Å²) in [5, 5.41) is 6.25. The SMILES string of the molecule is C=CC1C[C@]1(NC(=O)[C@@H]1C[C@@H](Oc2cc(C3=CC=CC(C)C3)nc3cc(OC)ccc23)CN1C(=O)C(NC(=O)OC(C)(C)C)C(C)C)C(=O)NS(=O)(=O)c1cccc(C(C)CCC)c1. The van der Waals surface area contributed by atoms with Crippen molar-refractivity contribution in [1.29, 1.82) is 0 Å². The summed E-state index contributed by atoms with van der Waals surface area (Å²) in [6, 6.07) is 11.5. The molecule has 2 heterocycles. The van der Waals surface area contributed by atoms with Gasteiger partial charge in [0.2, 0.25) is 11.8 Å². The van der Waals surface area contributed by atoms with Crippen molar-refractivity contribution in [3.8, 4) is 11.5 Å². The molecule has 3 aliphatic rings. The lowest BCUT2D eigenvalue weighted by Crippen LogP contribution is -2.59. The van der Waals surface area contributed by atoms with Crippen molar-refractivity contribution >= 4 is 50.3 Å². The van der Waals surface area contributed by atoms with Crippen molar-refractivity contribution in [2.75, 3.05) is 13.7 Å². The van der Waals surface area contributed by atoms with E-state index in [0.717, 1.165) is 30.4 Å². The number of amides is 4. The lowest BCUT2D eigenvalue weighted by Gasteiger charge is -2.31. The molecule has 15 heteroatoms. The van der Waals surface area contributed by atoms with Gasteiger partial charge in [-0.2, -0.15) is 0 Å². The quantitative estimate of drug-likeness (QED) is 0.121. The molecule has 0 spiro atoms. The van der Waals surface area contributed by atoms with Gasteiger partial charge >= 0.3 is 6.09 Å². The van der Waals surface area contributed by atoms with Crippen molar-refractivity contribution < 1.29 is 41.8 Å². The second-order valence-electron chi connectivity index (χ2n) is 18.7. The molecule has 1 saturated heterocycles. The van der Waals surface area contributed by atoms with Crippen molar-refractivity contribution in [1.82, 2.24) is 25.2 Å². The van der Waals surface area contributed by atoms with E-state index in [9.17, 15) is 27.6 Å². The largest absolute Gasteiger partial charge is 0.497 e. The van der Waals surface area contributed by atoms with Gasteiger partial charge in [0.05, 0.1) is 29.8 Å². The zero-order chi connectivity index (χ0) is 46.7. The van der Waals surface area contributed by atoms with E-state index in [1.807, 2.05) is 43.3 Å². The third-order valence-electron chi connectivity index (χ3n) is 12.1. The van der Waals surface area contributed by atoms with Gasteiger partial charge < -0.3 is 29.7 Å². The minimum absolute atomic E-state index is 0.00406. The molecular formula is C49H63N5O9S. The summed E-state index contributed by atoms with van der Waals surface area (Å²) in [5.41, 5.74) is 0.685. The van der Waals surface area contributed by atoms with E-state index in [2.05, 4.69) is 41.9 Å². The van der Waals surface area contributed by atoms with Crippen LogP contribution in [-0.2, 0) is 29.1 Å². The van der Waals surface area contributed by atoms with Crippen molar-refractivity contribution in [2.24, 2.45) is 17.8 Å². The third-order valence-corrected chi connectivity index (χ3v) is 13.4. The average Bonchev–Trinajstić information content (AvgIpc) is 3.80. The Labute approximate surface area is 377 Å². The van der Waals surface area contributed by atoms with E-state index < -0.39 is 75.0 Å². The highest BCUT2D eigenvalue weighted by Crippen LogP contribution is 2.45. The highest BCUT2D eigenvalue weighted by atomic mass is 32.2. The number of pyridine rings is 1. The van der Waals surface area contributed by atoms with Gasteiger partial charge in [0, 0.05) is 29.9 Å². The van der Waals surface area contributed by atoms with Gasteiger partial charge in [0.25, 0.3) is 15.9 Å². The number of methoxy groups -OCH3 is 1. The Bertz CT molecular complexity index is 2460. The van der Waals surface area contributed by atoms with Crippen molar-refractivity contribution in [2.45, 2.75) is 128 Å². The van der Waals surface area contributed by atoms with Crippen LogP contribution in [0.25, 0.3) is 16.5 Å².